The number of benzene rings is 3. The number of hydrogen-bond donors (Lipinski definition) is 2. The molecule has 172 valence electrons. The standard InChI is InChI=1S/C25H26ClN3O3S/c1-32-22-13-11-21(12-14-22)29(25(31)28-20-8-5-7-19(26)17-20)16-6-15-27-24(30)18-33-23-9-3-2-4-10-23/h2-5,7-14,17H,6,15-16,18H2,1H3,(H,27,30)(H,28,31). The van der Waals surface area contributed by atoms with Crippen molar-refractivity contribution in [3.8, 4) is 5.75 Å². The van der Waals surface area contributed by atoms with Crippen molar-refractivity contribution >= 4 is 46.7 Å². The van der Waals surface area contributed by atoms with Gasteiger partial charge in [0.1, 0.15) is 5.75 Å². The lowest BCUT2D eigenvalue weighted by Gasteiger charge is -2.23. The van der Waals surface area contributed by atoms with E-state index in [2.05, 4.69) is 10.6 Å². The van der Waals surface area contributed by atoms with E-state index in [4.69, 9.17) is 16.3 Å². The van der Waals surface area contributed by atoms with Crippen molar-refractivity contribution in [1.29, 1.82) is 0 Å². The topological polar surface area (TPSA) is 70.7 Å². The molecule has 0 fully saturated rings. The molecule has 0 aliphatic heterocycles. The molecule has 33 heavy (non-hydrogen) atoms. The van der Waals surface area contributed by atoms with E-state index in [9.17, 15) is 9.59 Å². The minimum absolute atomic E-state index is 0.0387. The van der Waals surface area contributed by atoms with Crippen LogP contribution >= 0.6 is 23.4 Å². The van der Waals surface area contributed by atoms with Gasteiger partial charge in [-0.05, 0) is 61.0 Å². The molecular formula is C25H26ClN3O3S. The van der Waals surface area contributed by atoms with Crippen LogP contribution in [0.25, 0.3) is 0 Å². The number of carbonyl (C=O) groups is 2. The summed E-state index contributed by atoms with van der Waals surface area (Å²) in [6.07, 6.45) is 0.594. The summed E-state index contributed by atoms with van der Waals surface area (Å²) in [4.78, 5) is 27.9. The van der Waals surface area contributed by atoms with E-state index in [0.717, 1.165) is 10.6 Å². The van der Waals surface area contributed by atoms with Crippen molar-refractivity contribution in [3.63, 3.8) is 0 Å². The molecule has 0 spiro atoms. The number of thioether (sulfide) groups is 1. The van der Waals surface area contributed by atoms with Crippen molar-refractivity contribution in [1.82, 2.24) is 5.32 Å². The van der Waals surface area contributed by atoms with E-state index < -0.39 is 0 Å². The Morgan fingerprint density at radius 3 is 2.45 bits per heavy atom. The fraction of sp³-hybridized carbons (Fsp3) is 0.200. The van der Waals surface area contributed by atoms with Crippen LogP contribution in [0.2, 0.25) is 5.02 Å². The van der Waals surface area contributed by atoms with Crippen molar-refractivity contribution in [2.24, 2.45) is 0 Å². The Morgan fingerprint density at radius 1 is 1.00 bits per heavy atom. The van der Waals surface area contributed by atoms with Gasteiger partial charge in [-0.25, -0.2) is 4.79 Å². The van der Waals surface area contributed by atoms with Crippen LogP contribution in [-0.4, -0.2) is 37.9 Å². The largest absolute Gasteiger partial charge is 0.497 e. The zero-order valence-corrected chi connectivity index (χ0v) is 19.9. The first-order chi connectivity index (χ1) is 16.0. The summed E-state index contributed by atoms with van der Waals surface area (Å²) in [5, 5.41) is 6.34. The van der Waals surface area contributed by atoms with E-state index in [1.165, 1.54) is 11.8 Å². The van der Waals surface area contributed by atoms with Gasteiger partial charge in [0.05, 0.1) is 12.9 Å². The Balaban J connectivity index is 1.55. The van der Waals surface area contributed by atoms with Crippen LogP contribution in [0.1, 0.15) is 6.42 Å². The van der Waals surface area contributed by atoms with Gasteiger partial charge < -0.3 is 15.4 Å². The molecule has 3 amide bonds. The van der Waals surface area contributed by atoms with Gasteiger partial charge in [0, 0.05) is 34.4 Å². The third kappa shape index (κ3) is 8.04. The zero-order valence-electron chi connectivity index (χ0n) is 18.3. The highest BCUT2D eigenvalue weighted by Gasteiger charge is 2.16. The Kier molecular flexibility index (Phi) is 9.47. The van der Waals surface area contributed by atoms with E-state index in [1.807, 2.05) is 42.5 Å². The molecule has 8 heteroatoms. The van der Waals surface area contributed by atoms with Crippen LogP contribution in [0.5, 0.6) is 5.75 Å². The molecule has 0 saturated heterocycles. The smallest absolute Gasteiger partial charge is 0.326 e. The van der Waals surface area contributed by atoms with Gasteiger partial charge in [-0.1, -0.05) is 35.9 Å². The first-order valence-electron chi connectivity index (χ1n) is 10.5. The van der Waals surface area contributed by atoms with Crippen molar-refractivity contribution < 1.29 is 14.3 Å². The lowest BCUT2D eigenvalue weighted by Crippen LogP contribution is -2.37. The van der Waals surface area contributed by atoms with Gasteiger partial charge >= 0.3 is 6.03 Å². The number of hydrogen-bond acceptors (Lipinski definition) is 4. The third-order valence-electron chi connectivity index (χ3n) is 4.70. The number of halogens is 1. The molecule has 3 rings (SSSR count). The summed E-state index contributed by atoms with van der Waals surface area (Å²) in [5.74, 6) is 1.02. The predicted octanol–water partition coefficient (Wildman–Crippen LogP) is 5.69. The third-order valence-corrected chi connectivity index (χ3v) is 5.95. The van der Waals surface area contributed by atoms with Crippen molar-refractivity contribution in [3.05, 3.63) is 83.9 Å². The molecule has 3 aromatic rings. The Bertz CT molecular complexity index is 1050. The summed E-state index contributed by atoms with van der Waals surface area (Å²) in [5.41, 5.74) is 1.33. The maximum Gasteiger partial charge on any atom is 0.326 e. The van der Waals surface area contributed by atoms with Crippen LogP contribution in [0, 0.1) is 0 Å². The zero-order chi connectivity index (χ0) is 23.5. The van der Waals surface area contributed by atoms with Crippen LogP contribution in [-0.2, 0) is 4.79 Å². The summed E-state index contributed by atoms with van der Waals surface area (Å²) in [6, 6.07) is 23.8. The van der Waals surface area contributed by atoms with Crippen LogP contribution < -0.4 is 20.3 Å². The molecule has 0 saturated carbocycles. The molecule has 0 aromatic heterocycles. The van der Waals surface area contributed by atoms with Gasteiger partial charge in [-0.2, -0.15) is 0 Å². The minimum Gasteiger partial charge on any atom is -0.497 e. The Morgan fingerprint density at radius 2 is 1.76 bits per heavy atom. The lowest BCUT2D eigenvalue weighted by molar-refractivity contribution is -0.118. The summed E-state index contributed by atoms with van der Waals surface area (Å²) < 4.78 is 5.21. The maximum atomic E-state index is 13.0. The normalized spacial score (nSPS) is 10.4. The Labute approximate surface area is 203 Å². The number of ether oxygens (including phenoxy) is 1. The molecule has 0 aliphatic carbocycles. The fourth-order valence-electron chi connectivity index (χ4n) is 3.05. The van der Waals surface area contributed by atoms with Gasteiger partial charge in [-0.15, -0.1) is 11.8 Å². The van der Waals surface area contributed by atoms with Crippen LogP contribution in [0.4, 0.5) is 16.2 Å². The highest BCUT2D eigenvalue weighted by Crippen LogP contribution is 2.22. The average molecular weight is 484 g/mol. The molecule has 0 atom stereocenters. The number of anilines is 2. The second-order valence-corrected chi connectivity index (χ2v) is 8.58. The number of carbonyl (C=O) groups excluding carboxylic acids is 2. The first kappa shape index (κ1) is 24.5. The van der Waals surface area contributed by atoms with Gasteiger partial charge in [0.15, 0.2) is 0 Å². The van der Waals surface area contributed by atoms with E-state index in [0.29, 0.717) is 41.7 Å². The number of rotatable bonds is 10. The van der Waals surface area contributed by atoms with Crippen LogP contribution in [0.15, 0.2) is 83.8 Å². The molecule has 0 heterocycles. The lowest BCUT2D eigenvalue weighted by atomic mass is 10.2. The first-order valence-corrected chi connectivity index (χ1v) is 11.8. The molecule has 0 radical (unpaired) electrons. The Hall–Kier alpha value is -3.16. The highest BCUT2D eigenvalue weighted by molar-refractivity contribution is 8.00. The molecule has 3 aromatic carbocycles. The monoisotopic (exact) mass is 483 g/mol. The van der Waals surface area contributed by atoms with E-state index in [-0.39, 0.29) is 11.9 Å². The average Bonchev–Trinajstić information content (AvgIpc) is 2.83. The maximum absolute atomic E-state index is 13.0. The second-order valence-electron chi connectivity index (χ2n) is 7.10. The summed E-state index contributed by atoms with van der Waals surface area (Å²) >= 11 is 7.53. The fourth-order valence-corrected chi connectivity index (χ4v) is 3.99. The quantitative estimate of drug-likeness (QED) is 0.287. The van der Waals surface area contributed by atoms with E-state index >= 15 is 0 Å². The van der Waals surface area contributed by atoms with Gasteiger partial charge in [0.2, 0.25) is 5.91 Å². The number of urea groups is 1. The molecule has 0 aliphatic rings. The molecular weight excluding hydrogens is 458 g/mol. The molecule has 0 bridgehead atoms. The van der Waals surface area contributed by atoms with Gasteiger partial charge in [0.25, 0.3) is 0 Å². The number of methoxy groups -OCH3 is 1. The minimum atomic E-state index is -0.284. The predicted molar refractivity (Wildman–Crippen MR) is 136 cm³/mol. The number of nitrogens with zero attached hydrogens (tertiary/aromatic N) is 1. The molecule has 2 N–H and O–H groups in total. The van der Waals surface area contributed by atoms with E-state index in [1.54, 1.807) is 48.4 Å². The highest BCUT2D eigenvalue weighted by atomic mass is 35.5. The van der Waals surface area contributed by atoms with Crippen molar-refractivity contribution in [2.75, 3.05) is 36.2 Å². The molecule has 0 unspecified atom stereocenters. The van der Waals surface area contributed by atoms with Gasteiger partial charge in [-0.3, -0.25) is 9.69 Å². The molecule has 6 nitrogen and oxygen atoms in total. The summed E-state index contributed by atoms with van der Waals surface area (Å²) in [7, 11) is 1.59. The SMILES string of the molecule is COc1ccc(N(CCCNC(=O)CSc2ccccc2)C(=O)Nc2cccc(Cl)c2)cc1. The number of amides is 3. The second kappa shape index (κ2) is 12.8. The number of nitrogens with one attached hydrogen (secondary N) is 2. The summed E-state index contributed by atoms with van der Waals surface area (Å²) in [6.45, 7) is 0.885. The van der Waals surface area contributed by atoms with Crippen LogP contribution in [0.3, 0.4) is 0 Å². The van der Waals surface area contributed by atoms with Crippen molar-refractivity contribution in [2.45, 2.75) is 11.3 Å².